The lowest BCUT2D eigenvalue weighted by atomic mass is 10.2. The maximum atomic E-state index is 11.4. The normalized spacial score (nSPS) is 10.3. The van der Waals surface area contributed by atoms with Crippen LogP contribution in [0.1, 0.15) is 58.8 Å². The Kier molecular flexibility index (Phi) is 30.1. The summed E-state index contributed by atoms with van der Waals surface area (Å²) in [6.07, 6.45) is 7.20. The summed E-state index contributed by atoms with van der Waals surface area (Å²) < 4.78 is 15.0. The molecule has 2 amide bonds. The molecule has 0 aromatic carbocycles. The molecule has 180 valence electrons. The van der Waals surface area contributed by atoms with Gasteiger partial charge in [0.25, 0.3) is 5.24 Å². The molecule has 0 aliphatic carbocycles. The van der Waals surface area contributed by atoms with Crippen molar-refractivity contribution < 1.29 is 23.8 Å². The zero-order valence-corrected chi connectivity index (χ0v) is 20.9. The Morgan fingerprint density at radius 1 is 0.833 bits per heavy atom. The Bertz CT molecular complexity index is 371. The molecule has 0 aliphatic rings. The number of carbonyl (C=O) groups excluding carboxylic acids is 2. The monoisotopic (exact) mass is 468 g/mol. The summed E-state index contributed by atoms with van der Waals surface area (Å²) in [6, 6.07) is 0. The number of hydrogen-bond donors (Lipinski definition) is 3. The smallest absolute Gasteiger partial charge is 0.279 e. The van der Waals surface area contributed by atoms with Crippen LogP contribution in [0.5, 0.6) is 0 Å². The van der Waals surface area contributed by atoms with Gasteiger partial charge in [0.15, 0.2) is 0 Å². The molecule has 0 radical (unpaired) electrons. The van der Waals surface area contributed by atoms with Crippen molar-refractivity contribution in [3.8, 4) is 0 Å². The minimum Gasteiger partial charge on any atom is -0.382 e. The number of hydrogen-bond acceptors (Lipinski definition) is 7. The lowest BCUT2D eigenvalue weighted by Crippen LogP contribution is -2.28. The van der Waals surface area contributed by atoms with Crippen LogP contribution < -0.4 is 10.6 Å². The molecule has 0 saturated carbocycles. The van der Waals surface area contributed by atoms with E-state index < -0.39 is 0 Å². The highest BCUT2D eigenvalue weighted by atomic mass is 32.2. The average molecular weight is 469 g/mol. The van der Waals surface area contributed by atoms with Crippen molar-refractivity contribution in [1.29, 1.82) is 0 Å². The summed E-state index contributed by atoms with van der Waals surface area (Å²) in [5, 5.41) is 5.83. The fraction of sp³-hybridized carbons (Fsp3) is 0.905. The van der Waals surface area contributed by atoms with E-state index in [-0.39, 0.29) is 17.8 Å². The van der Waals surface area contributed by atoms with Gasteiger partial charge in [0.05, 0.1) is 19.8 Å². The van der Waals surface area contributed by atoms with Gasteiger partial charge in [-0.25, -0.2) is 0 Å². The molecule has 0 aliphatic heterocycles. The van der Waals surface area contributed by atoms with Crippen LogP contribution in [-0.2, 0) is 19.0 Å². The van der Waals surface area contributed by atoms with Crippen LogP contribution in [0.25, 0.3) is 0 Å². The molecule has 0 unspecified atom stereocenters. The second-order valence-corrected chi connectivity index (χ2v) is 8.08. The molecule has 2 N–H and O–H groups in total. The first-order valence-corrected chi connectivity index (χ1v) is 12.7. The highest BCUT2D eigenvalue weighted by Gasteiger charge is 2.01. The van der Waals surface area contributed by atoms with Crippen molar-refractivity contribution >= 4 is 35.5 Å². The molecule has 0 rings (SSSR count). The maximum Gasteiger partial charge on any atom is 0.279 e. The van der Waals surface area contributed by atoms with Crippen LogP contribution >= 0.6 is 24.4 Å². The minimum atomic E-state index is -0.0312. The third-order valence-corrected chi connectivity index (χ3v) is 4.88. The number of unbranched alkanes of at least 4 members (excludes halogenated alkanes) is 4. The van der Waals surface area contributed by atoms with Crippen molar-refractivity contribution in [3.05, 3.63) is 0 Å². The van der Waals surface area contributed by atoms with Crippen LogP contribution in [0.3, 0.4) is 0 Å². The Morgan fingerprint density at radius 2 is 1.53 bits per heavy atom. The van der Waals surface area contributed by atoms with Gasteiger partial charge in [-0.3, -0.25) is 9.59 Å². The van der Waals surface area contributed by atoms with Crippen molar-refractivity contribution in [2.45, 2.75) is 58.8 Å². The standard InChI is InChI=1S/C16H32N2O3S.C5H12O2S/c1-3-5-12-21-14-15(19)17-10-8-6-7-9-11-18-16(20)22-13-4-2;1-6-2-3-7-4-5-8/h3-14H2,1-2H3,(H,17,19)(H,18,20);8H,2-5H2,1H3. The Balaban J connectivity index is 0. The van der Waals surface area contributed by atoms with Crippen LogP contribution in [0, 0.1) is 0 Å². The van der Waals surface area contributed by atoms with E-state index in [2.05, 4.69) is 37.1 Å². The van der Waals surface area contributed by atoms with Gasteiger partial charge in [-0.1, -0.05) is 44.9 Å². The number of ether oxygens (including phenoxy) is 3. The maximum absolute atomic E-state index is 11.4. The van der Waals surface area contributed by atoms with Gasteiger partial charge < -0.3 is 24.8 Å². The molecular weight excluding hydrogens is 424 g/mol. The molecule has 0 spiro atoms. The molecule has 0 saturated heterocycles. The van der Waals surface area contributed by atoms with Crippen LogP contribution in [0.4, 0.5) is 4.79 Å². The molecule has 0 heterocycles. The zero-order chi connectivity index (χ0) is 22.7. The molecule has 0 bridgehead atoms. The Morgan fingerprint density at radius 3 is 2.13 bits per heavy atom. The fourth-order valence-corrected chi connectivity index (χ4v) is 2.76. The largest absolute Gasteiger partial charge is 0.382 e. The summed E-state index contributed by atoms with van der Waals surface area (Å²) in [5.74, 6) is 1.63. The first-order chi connectivity index (χ1) is 14.6. The molecular formula is C21H44N2O5S2. The van der Waals surface area contributed by atoms with Crippen LogP contribution in [0.2, 0.25) is 0 Å². The van der Waals surface area contributed by atoms with E-state index in [1.54, 1.807) is 7.11 Å². The molecule has 30 heavy (non-hydrogen) atoms. The third-order valence-electron chi connectivity index (χ3n) is 3.68. The average Bonchev–Trinajstić information content (AvgIpc) is 2.75. The third kappa shape index (κ3) is 29.7. The number of rotatable bonds is 19. The van der Waals surface area contributed by atoms with Crippen molar-refractivity contribution in [1.82, 2.24) is 10.6 Å². The SMILES string of the molecule is CCCCOCC(=O)NCCCCCCNC(=O)SCCC.COCCOCCS. The predicted octanol–water partition coefficient (Wildman–Crippen LogP) is 3.91. The van der Waals surface area contributed by atoms with E-state index in [9.17, 15) is 9.59 Å². The number of carbonyl (C=O) groups is 2. The lowest BCUT2D eigenvalue weighted by molar-refractivity contribution is -0.125. The van der Waals surface area contributed by atoms with E-state index in [0.29, 0.717) is 33.0 Å². The summed E-state index contributed by atoms with van der Waals surface area (Å²) in [6.45, 7) is 8.50. The van der Waals surface area contributed by atoms with Crippen molar-refractivity contribution in [3.63, 3.8) is 0 Å². The highest BCUT2D eigenvalue weighted by molar-refractivity contribution is 8.13. The number of amides is 2. The van der Waals surface area contributed by atoms with E-state index >= 15 is 0 Å². The van der Waals surface area contributed by atoms with Gasteiger partial charge in [0.2, 0.25) is 5.91 Å². The number of thioether (sulfide) groups is 1. The second-order valence-electron chi connectivity index (χ2n) is 6.56. The summed E-state index contributed by atoms with van der Waals surface area (Å²) in [5.41, 5.74) is 0. The van der Waals surface area contributed by atoms with Gasteiger partial charge in [-0.05, 0) is 25.7 Å². The predicted molar refractivity (Wildman–Crippen MR) is 130 cm³/mol. The summed E-state index contributed by atoms with van der Waals surface area (Å²) in [7, 11) is 1.66. The van der Waals surface area contributed by atoms with Gasteiger partial charge in [-0.2, -0.15) is 12.6 Å². The van der Waals surface area contributed by atoms with Crippen LogP contribution in [0.15, 0.2) is 0 Å². The van der Waals surface area contributed by atoms with E-state index in [1.165, 1.54) is 11.8 Å². The van der Waals surface area contributed by atoms with Gasteiger partial charge in [0.1, 0.15) is 6.61 Å². The van der Waals surface area contributed by atoms with Crippen LogP contribution in [-0.4, -0.2) is 75.9 Å². The minimum absolute atomic E-state index is 0.0312. The Hall–Kier alpha value is -0.480. The molecule has 9 heteroatoms. The first kappa shape index (κ1) is 31.7. The quantitative estimate of drug-likeness (QED) is 0.197. The summed E-state index contributed by atoms with van der Waals surface area (Å²) >= 11 is 5.31. The summed E-state index contributed by atoms with van der Waals surface area (Å²) in [4.78, 5) is 22.7. The zero-order valence-electron chi connectivity index (χ0n) is 19.2. The lowest BCUT2D eigenvalue weighted by Gasteiger charge is -2.06. The van der Waals surface area contributed by atoms with Crippen molar-refractivity contribution in [2.75, 3.05) is 64.7 Å². The molecule has 7 nitrogen and oxygen atoms in total. The van der Waals surface area contributed by atoms with Gasteiger partial charge in [0, 0.05) is 38.3 Å². The topological polar surface area (TPSA) is 85.9 Å². The number of thiol groups is 1. The highest BCUT2D eigenvalue weighted by Crippen LogP contribution is 2.03. The molecule has 0 aromatic rings. The molecule has 0 atom stereocenters. The first-order valence-electron chi connectivity index (χ1n) is 11.0. The van der Waals surface area contributed by atoms with E-state index in [1.807, 2.05) is 0 Å². The van der Waals surface area contributed by atoms with E-state index in [0.717, 1.165) is 63.0 Å². The fourth-order valence-electron chi connectivity index (χ4n) is 2.04. The molecule has 0 fully saturated rings. The number of nitrogens with one attached hydrogen (secondary N) is 2. The van der Waals surface area contributed by atoms with Gasteiger partial charge in [-0.15, -0.1) is 0 Å². The molecule has 0 aromatic heterocycles. The number of methoxy groups -OCH3 is 1. The van der Waals surface area contributed by atoms with Gasteiger partial charge >= 0.3 is 0 Å². The van der Waals surface area contributed by atoms with Crippen molar-refractivity contribution in [2.24, 2.45) is 0 Å². The second kappa shape index (κ2) is 28.5. The van der Waals surface area contributed by atoms with E-state index in [4.69, 9.17) is 14.2 Å². The Labute approximate surface area is 193 Å².